The van der Waals surface area contributed by atoms with Gasteiger partial charge < -0.3 is 15.4 Å². The quantitative estimate of drug-likeness (QED) is 0.276. The van der Waals surface area contributed by atoms with Gasteiger partial charge in [0.15, 0.2) is 5.96 Å². The summed E-state index contributed by atoms with van der Waals surface area (Å²) in [5, 5.41) is 6.40. The van der Waals surface area contributed by atoms with Gasteiger partial charge in [0.1, 0.15) is 0 Å². The molecule has 112 valence electrons. The molecule has 0 fully saturated rings. The molecule has 0 saturated carbocycles. The summed E-state index contributed by atoms with van der Waals surface area (Å²) in [6, 6.07) is 0. The first-order valence-corrected chi connectivity index (χ1v) is 7.33. The fourth-order valence-electron chi connectivity index (χ4n) is 1.71. The van der Waals surface area contributed by atoms with E-state index in [0.717, 1.165) is 57.7 Å². The molecule has 5 nitrogen and oxygen atoms in total. The number of unbranched alkanes of at least 4 members (excludes halogenated alkanes) is 4. The summed E-state index contributed by atoms with van der Waals surface area (Å²) in [4.78, 5) is 15.4. The Morgan fingerprint density at radius 3 is 2.16 bits per heavy atom. The second kappa shape index (κ2) is 13.2. The second-order valence-electron chi connectivity index (χ2n) is 4.38. The minimum Gasteiger partial charge on any atom is -0.469 e. The van der Waals surface area contributed by atoms with Crippen LogP contribution in [0.15, 0.2) is 4.99 Å². The molecule has 0 aliphatic rings. The lowest BCUT2D eigenvalue weighted by Gasteiger charge is -2.08. The van der Waals surface area contributed by atoms with Gasteiger partial charge in [-0.25, -0.2) is 0 Å². The molecule has 0 amide bonds. The van der Waals surface area contributed by atoms with Crippen molar-refractivity contribution in [2.45, 2.75) is 52.4 Å². The number of rotatable bonds is 10. The first-order valence-electron chi connectivity index (χ1n) is 7.33. The van der Waals surface area contributed by atoms with Crippen LogP contribution in [-0.4, -0.2) is 38.7 Å². The monoisotopic (exact) mass is 271 g/mol. The molecule has 0 unspecified atom stereocenters. The van der Waals surface area contributed by atoms with Gasteiger partial charge in [0.2, 0.25) is 0 Å². The van der Waals surface area contributed by atoms with E-state index in [2.05, 4.69) is 34.2 Å². The Balaban J connectivity index is 3.46. The van der Waals surface area contributed by atoms with Gasteiger partial charge in [-0.05, 0) is 26.7 Å². The molecule has 0 heterocycles. The van der Waals surface area contributed by atoms with Gasteiger partial charge in [0, 0.05) is 26.1 Å². The number of carbonyl (C=O) groups excluding carboxylic acids is 1. The molecule has 0 rings (SSSR count). The highest BCUT2D eigenvalue weighted by molar-refractivity contribution is 5.79. The standard InChI is InChI=1S/C14H29N3O2/c1-4-15-14(16-5-2)17-12-10-8-6-7-9-11-13(18)19-3/h4-12H2,1-3H3,(H2,15,16,17). The minimum absolute atomic E-state index is 0.106. The van der Waals surface area contributed by atoms with E-state index >= 15 is 0 Å². The first kappa shape index (κ1) is 17.7. The number of hydrogen-bond donors (Lipinski definition) is 2. The maximum Gasteiger partial charge on any atom is 0.305 e. The van der Waals surface area contributed by atoms with Crippen LogP contribution in [0.1, 0.15) is 52.4 Å². The topological polar surface area (TPSA) is 62.7 Å². The van der Waals surface area contributed by atoms with E-state index in [1.54, 1.807) is 0 Å². The Morgan fingerprint density at radius 2 is 1.58 bits per heavy atom. The van der Waals surface area contributed by atoms with E-state index < -0.39 is 0 Å². The van der Waals surface area contributed by atoms with Crippen LogP contribution < -0.4 is 10.6 Å². The second-order valence-corrected chi connectivity index (χ2v) is 4.38. The van der Waals surface area contributed by atoms with Crippen LogP contribution in [0.5, 0.6) is 0 Å². The van der Waals surface area contributed by atoms with E-state index in [0.29, 0.717) is 6.42 Å². The largest absolute Gasteiger partial charge is 0.469 e. The van der Waals surface area contributed by atoms with Crippen molar-refractivity contribution in [1.29, 1.82) is 0 Å². The highest BCUT2D eigenvalue weighted by Gasteiger charge is 1.99. The molecule has 0 aromatic heterocycles. The Labute approximate surface area is 117 Å². The summed E-state index contributed by atoms with van der Waals surface area (Å²) < 4.78 is 4.60. The van der Waals surface area contributed by atoms with E-state index in [1.807, 2.05) is 0 Å². The fourth-order valence-corrected chi connectivity index (χ4v) is 1.71. The van der Waals surface area contributed by atoms with Crippen molar-refractivity contribution in [3.8, 4) is 0 Å². The SMILES string of the molecule is CCNC(=NCCCCCCCC(=O)OC)NCC. The average Bonchev–Trinajstić information content (AvgIpc) is 2.41. The zero-order valence-corrected chi connectivity index (χ0v) is 12.6. The number of nitrogens with one attached hydrogen (secondary N) is 2. The summed E-state index contributed by atoms with van der Waals surface area (Å²) in [7, 11) is 1.44. The van der Waals surface area contributed by atoms with Gasteiger partial charge in [-0.1, -0.05) is 19.3 Å². The number of hydrogen-bond acceptors (Lipinski definition) is 3. The van der Waals surface area contributed by atoms with Crippen LogP contribution in [-0.2, 0) is 9.53 Å². The van der Waals surface area contributed by atoms with Gasteiger partial charge >= 0.3 is 5.97 Å². The average molecular weight is 271 g/mol. The number of nitrogens with zero attached hydrogens (tertiary/aromatic N) is 1. The zero-order chi connectivity index (χ0) is 14.3. The molecule has 0 atom stereocenters. The Bertz CT molecular complexity index is 247. The number of guanidine groups is 1. The van der Waals surface area contributed by atoms with Crippen molar-refractivity contribution in [2.75, 3.05) is 26.7 Å². The molecular weight excluding hydrogens is 242 g/mol. The van der Waals surface area contributed by atoms with Gasteiger partial charge in [-0.15, -0.1) is 0 Å². The molecule has 2 N–H and O–H groups in total. The van der Waals surface area contributed by atoms with Crippen LogP contribution in [0.3, 0.4) is 0 Å². The number of carbonyl (C=O) groups is 1. The number of esters is 1. The summed E-state index contributed by atoms with van der Waals surface area (Å²) in [6.45, 7) is 6.76. The predicted octanol–water partition coefficient (Wildman–Crippen LogP) is 2.08. The van der Waals surface area contributed by atoms with E-state index in [4.69, 9.17) is 0 Å². The third-order valence-corrected chi connectivity index (χ3v) is 2.73. The van der Waals surface area contributed by atoms with Crippen molar-refractivity contribution in [3.05, 3.63) is 0 Å². The maximum absolute atomic E-state index is 10.9. The van der Waals surface area contributed by atoms with Crippen LogP contribution in [0, 0.1) is 0 Å². The van der Waals surface area contributed by atoms with E-state index in [9.17, 15) is 4.79 Å². The maximum atomic E-state index is 10.9. The lowest BCUT2D eigenvalue weighted by Crippen LogP contribution is -2.37. The zero-order valence-electron chi connectivity index (χ0n) is 12.6. The molecule has 0 aliphatic heterocycles. The molecule has 19 heavy (non-hydrogen) atoms. The van der Waals surface area contributed by atoms with Crippen LogP contribution in [0.4, 0.5) is 0 Å². The normalized spacial score (nSPS) is 9.84. The van der Waals surface area contributed by atoms with Crippen LogP contribution in [0.25, 0.3) is 0 Å². The van der Waals surface area contributed by atoms with Gasteiger partial charge in [0.05, 0.1) is 7.11 Å². The molecule has 0 saturated heterocycles. The van der Waals surface area contributed by atoms with E-state index in [1.165, 1.54) is 7.11 Å². The third-order valence-electron chi connectivity index (χ3n) is 2.73. The Morgan fingerprint density at radius 1 is 1.00 bits per heavy atom. The number of methoxy groups -OCH3 is 1. The molecule has 0 bridgehead atoms. The molecular formula is C14H29N3O2. The van der Waals surface area contributed by atoms with Gasteiger partial charge in [0.25, 0.3) is 0 Å². The molecule has 0 aromatic rings. The molecule has 5 heteroatoms. The van der Waals surface area contributed by atoms with Crippen molar-refractivity contribution in [1.82, 2.24) is 10.6 Å². The molecule has 0 aliphatic carbocycles. The summed E-state index contributed by atoms with van der Waals surface area (Å²) in [5.74, 6) is 0.793. The summed E-state index contributed by atoms with van der Waals surface area (Å²) in [6.07, 6.45) is 5.97. The highest BCUT2D eigenvalue weighted by Crippen LogP contribution is 2.06. The van der Waals surface area contributed by atoms with Crippen LogP contribution in [0.2, 0.25) is 0 Å². The predicted molar refractivity (Wildman–Crippen MR) is 79.4 cm³/mol. The van der Waals surface area contributed by atoms with Crippen molar-refractivity contribution in [3.63, 3.8) is 0 Å². The smallest absolute Gasteiger partial charge is 0.305 e. The summed E-state index contributed by atoms with van der Waals surface area (Å²) >= 11 is 0. The fraction of sp³-hybridized carbons (Fsp3) is 0.857. The van der Waals surface area contributed by atoms with Crippen molar-refractivity contribution in [2.24, 2.45) is 4.99 Å². The first-order chi connectivity index (χ1) is 9.24. The lowest BCUT2D eigenvalue weighted by molar-refractivity contribution is -0.140. The minimum atomic E-state index is -0.106. The third kappa shape index (κ3) is 11.6. The molecule has 0 spiro atoms. The lowest BCUT2D eigenvalue weighted by atomic mass is 10.1. The molecule has 0 radical (unpaired) electrons. The van der Waals surface area contributed by atoms with Crippen molar-refractivity contribution >= 4 is 11.9 Å². The van der Waals surface area contributed by atoms with Crippen molar-refractivity contribution < 1.29 is 9.53 Å². The van der Waals surface area contributed by atoms with Crippen LogP contribution >= 0.6 is 0 Å². The van der Waals surface area contributed by atoms with Gasteiger partial charge in [-0.2, -0.15) is 0 Å². The summed E-state index contributed by atoms with van der Waals surface area (Å²) in [5.41, 5.74) is 0. The van der Waals surface area contributed by atoms with E-state index in [-0.39, 0.29) is 5.97 Å². The highest BCUT2D eigenvalue weighted by atomic mass is 16.5. The Hall–Kier alpha value is -1.26. The van der Waals surface area contributed by atoms with Gasteiger partial charge in [-0.3, -0.25) is 9.79 Å². The number of aliphatic imine (C=N–C) groups is 1. The Kier molecular flexibility index (Phi) is 12.3. The number of ether oxygens (including phenoxy) is 1. The molecule has 0 aromatic carbocycles.